The van der Waals surface area contributed by atoms with Crippen molar-refractivity contribution in [2.24, 2.45) is 0 Å². The fourth-order valence-electron chi connectivity index (χ4n) is 1.59. The van der Waals surface area contributed by atoms with Crippen LogP contribution in [0.4, 0.5) is 11.5 Å². The van der Waals surface area contributed by atoms with Gasteiger partial charge >= 0.3 is 5.69 Å². The monoisotopic (exact) mass is 258 g/mol. The zero-order chi connectivity index (χ0) is 13.7. The van der Waals surface area contributed by atoms with Crippen molar-refractivity contribution in [1.29, 1.82) is 0 Å². The molecule has 8 nitrogen and oxygen atoms in total. The second kappa shape index (κ2) is 6.22. The van der Waals surface area contributed by atoms with E-state index in [1.807, 2.05) is 0 Å². The lowest BCUT2D eigenvalue weighted by atomic mass is 10.3. The second-order valence-electron chi connectivity index (χ2n) is 3.74. The minimum Gasteiger partial charge on any atom is -0.394 e. The number of aliphatic hydroxyl groups excluding tert-OH is 1. The Hall–Kier alpha value is -1.80. The van der Waals surface area contributed by atoms with Crippen molar-refractivity contribution >= 4 is 11.5 Å². The van der Waals surface area contributed by atoms with E-state index in [-0.39, 0.29) is 24.7 Å². The first-order valence-electron chi connectivity index (χ1n) is 5.54. The van der Waals surface area contributed by atoms with Crippen LogP contribution in [0.25, 0.3) is 0 Å². The predicted octanol–water partition coefficient (Wildman–Crippen LogP) is -1.44. The first kappa shape index (κ1) is 14.3. The van der Waals surface area contributed by atoms with E-state index in [1.54, 1.807) is 6.92 Å². The predicted molar refractivity (Wildman–Crippen MR) is 67.8 cm³/mol. The van der Waals surface area contributed by atoms with Crippen molar-refractivity contribution in [1.82, 2.24) is 9.55 Å². The van der Waals surface area contributed by atoms with Gasteiger partial charge in [-0.3, -0.25) is 14.3 Å². The molecule has 1 rings (SSSR count). The van der Waals surface area contributed by atoms with Gasteiger partial charge in [0, 0.05) is 13.7 Å². The molecule has 0 radical (unpaired) electrons. The first-order valence-corrected chi connectivity index (χ1v) is 5.54. The molecule has 0 aliphatic heterocycles. The van der Waals surface area contributed by atoms with Crippen LogP contribution in [0.1, 0.15) is 6.92 Å². The Morgan fingerprint density at radius 1 is 1.56 bits per heavy atom. The number of H-pyrrole nitrogens is 1. The lowest BCUT2D eigenvalue weighted by molar-refractivity contribution is 0.153. The summed E-state index contributed by atoms with van der Waals surface area (Å²) in [5, 5.41) is 11.9. The van der Waals surface area contributed by atoms with Gasteiger partial charge in [0.2, 0.25) is 0 Å². The molecular formula is C10H18N4O4. The summed E-state index contributed by atoms with van der Waals surface area (Å²) < 4.78 is 6.11. The lowest BCUT2D eigenvalue weighted by Gasteiger charge is -2.18. The van der Waals surface area contributed by atoms with E-state index in [0.717, 1.165) is 0 Å². The summed E-state index contributed by atoms with van der Waals surface area (Å²) in [4.78, 5) is 25.3. The number of methoxy groups -OCH3 is 1. The third kappa shape index (κ3) is 2.90. The van der Waals surface area contributed by atoms with E-state index >= 15 is 0 Å². The molecule has 0 aliphatic carbocycles. The fourth-order valence-corrected chi connectivity index (χ4v) is 1.59. The number of aromatic nitrogens is 2. The smallest absolute Gasteiger partial charge is 0.330 e. The van der Waals surface area contributed by atoms with Crippen LogP contribution in [0.5, 0.6) is 0 Å². The Bertz CT molecular complexity index is 508. The Kier molecular flexibility index (Phi) is 4.93. The van der Waals surface area contributed by atoms with Crippen molar-refractivity contribution in [3.8, 4) is 0 Å². The third-order valence-corrected chi connectivity index (χ3v) is 2.49. The zero-order valence-electron chi connectivity index (χ0n) is 10.4. The van der Waals surface area contributed by atoms with Gasteiger partial charge in [-0.05, 0) is 6.92 Å². The molecule has 1 aromatic heterocycles. The SMILES string of the molecule is CCn1c(N)c(NC(CO)COC)c(=O)[nH]c1=O. The highest BCUT2D eigenvalue weighted by Gasteiger charge is 2.15. The summed E-state index contributed by atoms with van der Waals surface area (Å²) in [5.41, 5.74) is 4.64. The molecule has 1 aromatic rings. The lowest BCUT2D eigenvalue weighted by Crippen LogP contribution is -2.37. The molecule has 0 aliphatic rings. The summed E-state index contributed by atoms with van der Waals surface area (Å²) in [6.45, 7) is 2.06. The van der Waals surface area contributed by atoms with Gasteiger partial charge in [0.15, 0.2) is 0 Å². The number of nitrogens with zero attached hydrogens (tertiary/aromatic N) is 1. The summed E-state index contributed by atoms with van der Waals surface area (Å²) >= 11 is 0. The first-order chi connectivity index (χ1) is 8.54. The summed E-state index contributed by atoms with van der Waals surface area (Å²) in [5.74, 6) is 0.0424. The van der Waals surface area contributed by atoms with Crippen LogP contribution in [-0.4, -0.2) is 41.0 Å². The standard InChI is InChI=1S/C10H18N4O4/c1-3-14-8(11)7(9(16)13-10(14)17)12-6(4-15)5-18-2/h6,12,15H,3-5,11H2,1-2H3,(H,13,16,17). The number of hydrogen-bond acceptors (Lipinski definition) is 6. The van der Waals surface area contributed by atoms with Crippen LogP contribution in [0.15, 0.2) is 9.59 Å². The number of rotatable bonds is 6. The van der Waals surface area contributed by atoms with Crippen molar-refractivity contribution < 1.29 is 9.84 Å². The maximum Gasteiger partial charge on any atom is 0.330 e. The number of nitrogens with two attached hydrogens (primary N) is 1. The molecule has 1 atom stereocenters. The molecule has 0 fully saturated rings. The molecule has 102 valence electrons. The van der Waals surface area contributed by atoms with Gasteiger partial charge in [-0.1, -0.05) is 0 Å². The number of ether oxygens (including phenoxy) is 1. The van der Waals surface area contributed by atoms with E-state index in [4.69, 9.17) is 15.6 Å². The van der Waals surface area contributed by atoms with E-state index in [1.165, 1.54) is 11.7 Å². The highest BCUT2D eigenvalue weighted by Crippen LogP contribution is 2.11. The van der Waals surface area contributed by atoms with E-state index in [2.05, 4.69) is 10.3 Å². The topological polar surface area (TPSA) is 122 Å². The Morgan fingerprint density at radius 3 is 2.72 bits per heavy atom. The van der Waals surface area contributed by atoms with Gasteiger partial charge in [-0.15, -0.1) is 0 Å². The van der Waals surface area contributed by atoms with E-state index < -0.39 is 17.3 Å². The van der Waals surface area contributed by atoms with E-state index in [9.17, 15) is 9.59 Å². The number of nitrogens with one attached hydrogen (secondary N) is 2. The highest BCUT2D eigenvalue weighted by molar-refractivity contribution is 5.60. The maximum atomic E-state index is 11.7. The van der Waals surface area contributed by atoms with Crippen molar-refractivity contribution in [3.05, 3.63) is 20.8 Å². The molecule has 0 spiro atoms. The Labute approximate surface area is 103 Å². The highest BCUT2D eigenvalue weighted by atomic mass is 16.5. The number of aromatic amines is 1. The molecule has 0 bridgehead atoms. The molecule has 0 saturated carbocycles. The molecule has 8 heteroatoms. The zero-order valence-corrected chi connectivity index (χ0v) is 10.4. The van der Waals surface area contributed by atoms with Gasteiger partial charge in [0.1, 0.15) is 11.5 Å². The van der Waals surface area contributed by atoms with E-state index in [0.29, 0.717) is 6.54 Å². The molecule has 18 heavy (non-hydrogen) atoms. The minimum absolute atomic E-state index is 0.0424. The van der Waals surface area contributed by atoms with Gasteiger partial charge in [-0.25, -0.2) is 4.79 Å². The quantitative estimate of drug-likeness (QED) is 0.495. The van der Waals surface area contributed by atoms with Gasteiger partial charge in [0.25, 0.3) is 5.56 Å². The second-order valence-corrected chi connectivity index (χ2v) is 3.74. The van der Waals surface area contributed by atoms with Crippen LogP contribution in [0, 0.1) is 0 Å². The van der Waals surface area contributed by atoms with Crippen LogP contribution in [-0.2, 0) is 11.3 Å². The average Bonchev–Trinajstić information content (AvgIpc) is 2.33. The largest absolute Gasteiger partial charge is 0.394 e. The average molecular weight is 258 g/mol. The van der Waals surface area contributed by atoms with Crippen LogP contribution in [0.2, 0.25) is 0 Å². The molecule has 0 aromatic carbocycles. The molecule has 1 heterocycles. The van der Waals surface area contributed by atoms with Crippen molar-refractivity contribution in [2.45, 2.75) is 19.5 Å². The summed E-state index contributed by atoms with van der Waals surface area (Å²) in [6, 6.07) is -0.471. The van der Waals surface area contributed by atoms with Gasteiger partial charge < -0.3 is 20.9 Å². The maximum absolute atomic E-state index is 11.7. The third-order valence-electron chi connectivity index (χ3n) is 2.49. The molecule has 0 amide bonds. The van der Waals surface area contributed by atoms with Crippen molar-refractivity contribution in [3.63, 3.8) is 0 Å². The van der Waals surface area contributed by atoms with Gasteiger partial charge in [-0.2, -0.15) is 0 Å². The number of nitrogen functional groups attached to an aromatic ring is 1. The fraction of sp³-hybridized carbons (Fsp3) is 0.600. The van der Waals surface area contributed by atoms with Crippen LogP contribution in [0.3, 0.4) is 0 Å². The van der Waals surface area contributed by atoms with Gasteiger partial charge in [0.05, 0.1) is 19.3 Å². The summed E-state index contributed by atoms with van der Waals surface area (Å²) in [7, 11) is 1.48. The Morgan fingerprint density at radius 2 is 2.22 bits per heavy atom. The van der Waals surface area contributed by atoms with Crippen LogP contribution >= 0.6 is 0 Å². The number of hydrogen-bond donors (Lipinski definition) is 4. The number of anilines is 2. The normalized spacial score (nSPS) is 12.4. The van der Waals surface area contributed by atoms with Crippen LogP contribution < -0.4 is 22.3 Å². The molecule has 0 saturated heterocycles. The molecule has 1 unspecified atom stereocenters. The number of aliphatic hydroxyl groups is 1. The summed E-state index contributed by atoms with van der Waals surface area (Å²) in [6.07, 6.45) is 0. The molecule has 5 N–H and O–H groups in total. The molecular weight excluding hydrogens is 240 g/mol. The Balaban J connectivity index is 3.16. The minimum atomic E-state index is -0.614. The van der Waals surface area contributed by atoms with Crippen molar-refractivity contribution in [2.75, 3.05) is 31.4 Å².